The van der Waals surface area contributed by atoms with Crippen molar-refractivity contribution in [3.05, 3.63) is 47.8 Å². The molecule has 29 heavy (non-hydrogen) atoms. The number of nitrogens with zero attached hydrogens (tertiary/aromatic N) is 2. The normalized spacial score (nSPS) is 19.0. The van der Waals surface area contributed by atoms with E-state index in [0.717, 1.165) is 36.9 Å². The summed E-state index contributed by atoms with van der Waals surface area (Å²) in [5.41, 5.74) is 2.11. The molecule has 1 aromatic heterocycles. The lowest BCUT2D eigenvalue weighted by atomic mass is 9.82. The zero-order valence-corrected chi connectivity index (χ0v) is 17.3. The molecule has 1 fully saturated rings. The van der Waals surface area contributed by atoms with Crippen LogP contribution in [0.4, 0.5) is 5.69 Å². The summed E-state index contributed by atoms with van der Waals surface area (Å²) in [6.07, 6.45) is 12.5. The minimum Gasteiger partial charge on any atom is -0.478 e. The summed E-state index contributed by atoms with van der Waals surface area (Å²) in [4.78, 5) is 27.0. The number of rotatable bonds is 5. The van der Waals surface area contributed by atoms with Crippen LogP contribution in [0.1, 0.15) is 62.4 Å². The molecule has 3 rings (SSSR count). The molecule has 0 spiro atoms. The molecule has 0 saturated heterocycles. The highest BCUT2D eigenvalue weighted by Gasteiger charge is 2.33. The third kappa shape index (κ3) is 4.37. The number of benzene rings is 1. The highest BCUT2D eigenvalue weighted by molar-refractivity contribution is 6.03. The van der Waals surface area contributed by atoms with Crippen LogP contribution in [-0.4, -0.2) is 27.6 Å². The van der Waals surface area contributed by atoms with Crippen LogP contribution < -0.4 is 4.90 Å². The topological polar surface area (TPSA) is 62.5 Å². The third-order valence-corrected chi connectivity index (χ3v) is 5.75. The Morgan fingerprint density at radius 3 is 2.28 bits per heavy atom. The van der Waals surface area contributed by atoms with Gasteiger partial charge in [-0.25, -0.2) is 4.79 Å². The first-order valence-electron chi connectivity index (χ1n) is 10.2. The lowest BCUT2D eigenvalue weighted by Crippen LogP contribution is -2.42. The Balaban J connectivity index is 1.99. The summed E-state index contributed by atoms with van der Waals surface area (Å²) in [6, 6.07) is 7.16. The molecule has 1 N–H and O–H groups in total. The molecule has 0 radical (unpaired) electrons. The Morgan fingerprint density at radius 2 is 1.76 bits per heavy atom. The lowest BCUT2D eigenvalue weighted by molar-refractivity contribution is -0.123. The Hall–Kier alpha value is -3.00. The molecule has 0 bridgehead atoms. The van der Waals surface area contributed by atoms with E-state index < -0.39 is 5.97 Å². The van der Waals surface area contributed by atoms with Crippen LogP contribution in [-0.2, 0) is 4.79 Å². The van der Waals surface area contributed by atoms with E-state index in [1.807, 2.05) is 38.1 Å². The van der Waals surface area contributed by atoms with Gasteiger partial charge in [0.15, 0.2) is 0 Å². The smallest absolute Gasteiger partial charge is 0.339 e. The van der Waals surface area contributed by atoms with Crippen molar-refractivity contribution in [1.82, 2.24) is 4.57 Å². The van der Waals surface area contributed by atoms with E-state index in [9.17, 15) is 14.7 Å². The van der Waals surface area contributed by atoms with Crippen molar-refractivity contribution in [3.8, 4) is 18.0 Å². The predicted octanol–water partition coefficient (Wildman–Crippen LogP) is 4.72. The van der Waals surface area contributed by atoms with Crippen LogP contribution in [0.15, 0.2) is 36.7 Å². The number of amides is 1. The molecular formula is C24H28N2O3. The number of hydrogen-bond donors (Lipinski definition) is 1. The second kappa shape index (κ2) is 8.57. The standard InChI is InChI=1S/C24H28N2O3/c1-5-18-8-12-20(13-9-18)25-14-21(24(28)29)22(15-25)26(16(2)3)23(27)19-10-6-17(4)7-11-19/h1,8-9,12-17,19H,6-7,10-11H2,2-4H3,(H,28,29)/t17-,19-. The van der Waals surface area contributed by atoms with E-state index in [2.05, 4.69) is 12.8 Å². The first-order chi connectivity index (χ1) is 13.8. The summed E-state index contributed by atoms with van der Waals surface area (Å²) in [5.74, 6) is 2.15. The van der Waals surface area contributed by atoms with Crippen molar-refractivity contribution in [2.45, 2.75) is 52.5 Å². The minimum absolute atomic E-state index is 0.0230. The molecule has 0 atom stereocenters. The molecule has 2 aromatic rings. The van der Waals surface area contributed by atoms with Crippen LogP contribution in [0.5, 0.6) is 0 Å². The summed E-state index contributed by atoms with van der Waals surface area (Å²) < 4.78 is 1.74. The van der Waals surface area contributed by atoms with E-state index in [0.29, 0.717) is 11.6 Å². The van der Waals surface area contributed by atoms with E-state index in [-0.39, 0.29) is 23.4 Å². The fourth-order valence-electron chi connectivity index (χ4n) is 4.03. The number of anilines is 1. The average molecular weight is 392 g/mol. The van der Waals surface area contributed by atoms with Crippen molar-refractivity contribution >= 4 is 17.6 Å². The van der Waals surface area contributed by atoms with Gasteiger partial charge < -0.3 is 14.6 Å². The number of terminal acetylenes is 1. The van der Waals surface area contributed by atoms with Crippen molar-refractivity contribution in [1.29, 1.82) is 0 Å². The maximum Gasteiger partial charge on any atom is 0.339 e. The number of carbonyl (C=O) groups excluding carboxylic acids is 1. The molecule has 5 heteroatoms. The van der Waals surface area contributed by atoms with Gasteiger partial charge in [0.25, 0.3) is 0 Å². The van der Waals surface area contributed by atoms with Gasteiger partial charge in [0.05, 0.1) is 5.69 Å². The van der Waals surface area contributed by atoms with Gasteiger partial charge in [0, 0.05) is 35.6 Å². The van der Waals surface area contributed by atoms with Gasteiger partial charge in [0.1, 0.15) is 5.56 Å². The van der Waals surface area contributed by atoms with Crippen LogP contribution in [0.2, 0.25) is 0 Å². The van der Waals surface area contributed by atoms with Crippen LogP contribution >= 0.6 is 0 Å². The maximum absolute atomic E-state index is 13.4. The first kappa shape index (κ1) is 20.7. The van der Waals surface area contributed by atoms with Gasteiger partial charge >= 0.3 is 5.97 Å². The molecule has 1 aliphatic rings. The second-order valence-electron chi connectivity index (χ2n) is 8.22. The number of carbonyl (C=O) groups is 2. The van der Waals surface area contributed by atoms with Gasteiger partial charge in [-0.15, -0.1) is 6.42 Å². The van der Waals surface area contributed by atoms with Gasteiger partial charge in [-0.2, -0.15) is 0 Å². The van der Waals surface area contributed by atoms with Crippen molar-refractivity contribution in [2.24, 2.45) is 11.8 Å². The molecular weight excluding hydrogens is 364 g/mol. The summed E-state index contributed by atoms with van der Waals surface area (Å²) in [5, 5.41) is 9.79. The lowest BCUT2D eigenvalue weighted by Gasteiger charge is -2.33. The van der Waals surface area contributed by atoms with Gasteiger partial charge in [-0.05, 0) is 69.7 Å². The van der Waals surface area contributed by atoms with Crippen molar-refractivity contribution in [2.75, 3.05) is 4.90 Å². The average Bonchev–Trinajstić information content (AvgIpc) is 3.13. The van der Waals surface area contributed by atoms with Crippen LogP contribution in [0, 0.1) is 24.2 Å². The largest absolute Gasteiger partial charge is 0.478 e. The zero-order chi connectivity index (χ0) is 21.1. The van der Waals surface area contributed by atoms with E-state index in [4.69, 9.17) is 6.42 Å². The molecule has 1 saturated carbocycles. The highest BCUT2D eigenvalue weighted by Crippen LogP contribution is 2.33. The Kier molecular flexibility index (Phi) is 6.12. The molecule has 5 nitrogen and oxygen atoms in total. The molecule has 0 unspecified atom stereocenters. The molecule has 0 aliphatic heterocycles. The van der Waals surface area contributed by atoms with Crippen molar-refractivity contribution < 1.29 is 14.7 Å². The van der Waals surface area contributed by atoms with E-state index in [1.165, 1.54) is 0 Å². The Bertz CT molecular complexity index is 926. The number of aromatic nitrogens is 1. The predicted molar refractivity (Wildman–Crippen MR) is 114 cm³/mol. The van der Waals surface area contributed by atoms with E-state index >= 15 is 0 Å². The van der Waals surface area contributed by atoms with Gasteiger partial charge in [-0.3, -0.25) is 4.79 Å². The minimum atomic E-state index is -1.05. The van der Waals surface area contributed by atoms with Crippen molar-refractivity contribution in [3.63, 3.8) is 0 Å². The SMILES string of the molecule is C#Cc1ccc(-n2cc(C(=O)O)c(N(C(=O)[C@H]3CC[C@H](C)CC3)C(C)C)c2)cc1. The molecule has 1 aromatic carbocycles. The summed E-state index contributed by atoms with van der Waals surface area (Å²) >= 11 is 0. The molecule has 1 aliphatic carbocycles. The number of aromatic carboxylic acids is 1. The maximum atomic E-state index is 13.4. The molecule has 1 heterocycles. The van der Waals surface area contributed by atoms with Crippen LogP contribution in [0.25, 0.3) is 5.69 Å². The zero-order valence-electron chi connectivity index (χ0n) is 17.3. The van der Waals surface area contributed by atoms with Gasteiger partial charge in [0.2, 0.25) is 5.91 Å². The number of carboxylic acid groups (broad SMARTS) is 1. The number of carboxylic acids is 1. The van der Waals surface area contributed by atoms with E-state index in [1.54, 1.807) is 21.9 Å². The highest BCUT2D eigenvalue weighted by atomic mass is 16.4. The quantitative estimate of drug-likeness (QED) is 0.749. The molecule has 152 valence electrons. The fraction of sp³-hybridized carbons (Fsp3) is 0.417. The number of hydrogen-bond acceptors (Lipinski definition) is 2. The molecule has 1 amide bonds. The summed E-state index contributed by atoms with van der Waals surface area (Å²) in [7, 11) is 0. The fourth-order valence-corrected chi connectivity index (χ4v) is 4.03. The first-order valence-corrected chi connectivity index (χ1v) is 10.2. The second-order valence-corrected chi connectivity index (χ2v) is 8.22. The Labute approximate surface area is 172 Å². The van der Waals surface area contributed by atoms with Crippen LogP contribution in [0.3, 0.4) is 0 Å². The Morgan fingerprint density at radius 1 is 1.14 bits per heavy atom. The third-order valence-electron chi connectivity index (χ3n) is 5.75. The monoisotopic (exact) mass is 392 g/mol. The van der Waals surface area contributed by atoms with Gasteiger partial charge in [-0.1, -0.05) is 12.8 Å². The summed E-state index contributed by atoms with van der Waals surface area (Å²) in [6.45, 7) is 6.07.